The predicted octanol–water partition coefficient (Wildman–Crippen LogP) is 3.37. The van der Waals surface area contributed by atoms with E-state index in [1.807, 2.05) is 22.8 Å². The minimum atomic E-state index is -5.08. The number of hydrogen-bond donors (Lipinski definition) is 2. The monoisotopic (exact) mass is 537 g/mol. The van der Waals surface area contributed by atoms with Gasteiger partial charge in [-0.1, -0.05) is 6.07 Å². The first-order valence-corrected chi connectivity index (χ1v) is 11.1. The molecule has 0 radical (unpaired) electrons. The summed E-state index contributed by atoms with van der Waals surface area (Å²) < 4.78 is 65.4. The molecule has 8 nitrogen and oxygen atoms in total. The number of nitrogens with zero attached hydrogens (tertiary/aromatic N) is 3. The number of carboxylic acid groups (broad SMARTS) is 2. The maximum atomic E-state index is 12.4. The van der Waals surface area contributed by atoms with Crippen molar-refractivity contribution in [1.29, 1.82) is 0 Å². The Morgan fingerprint density at radius 3 is 1.89 bits per heavy atom. The van der Waals surface area contributed by atoms with Gasteiger partial charge in [-0.2, -0.15) is 26.3 Å². The van der Waals surface area contributed by atoms with Crippen molar-refractivity contribution in [3.63, 3.8) is 0 Å². The predicted molar refractivity (Wildman–Crippen MR) is 118 cm³/mol. The number of fused-ring (bicyclic) bond motifs is 1. The van der Waals surface area contributed by atoms with Crippen molar-refractivity contribution in [3.05, 3.63) is 63.8 Å². The normalized spacial score (nSPS) is 15.7. The molecule has 0 amide bonds. The summed E-state index contributed by atoms with van der Waals surface area (Å²) in [5.41, 5.74) is 3.82. The largest absolute Gasteiger partial charge is 0.490 e. The zero-order valence-electron chi connectivity index (χ0n) is 19.4. The standard InChI is InChI=1S/C19H23N3O.2C2HF3O2/c23-19-4-3-17-7-11-21(13-15-1-2-15)12-8-18(17)22(19)14-16-5-9-20-10-6-16;2*3-2(4,5)1(6)7/h3-6,9-10,15H,1-2,7-8,11-14H2;2*(H,6,7). The number of alkyl halides is 6. The van der Waals surface area contributed by atoms with Crippen LogP contribution in [0.5, 0.6) is 0 Å². The highest BCUT2D eigenvalue weighted by Crippen LogP contribution is 2.30. The molecule has 0 spiro atoms. The third-order valence-electron chi connectivity index (χ3n) is 5.54. The van der Waals surface area contributed by atoms with E-state index >= 15 is 0 Å². The van der Waals surface area contributed by atoms with Gasteiger partial charge in [0.05, 0.1) is 6.54 Å². The highest BCUT2D eigenvalue weighted by atomic mass is 19.4. The summed E-state index contributed by atoms with van der Waals surface area (Å²) in [6.07, 6.45) is -1.76. The topological polar surface area (TPSA) is 113 Å². The molecule has 4 rings (SSSR count). The number of aromatic nitrogens is 2. The van der Waals surface area contributed by atoms with E-state index in [2.05, 4.69) is 9.88 Å². The Balaban J connectivity index is 0.000000286. The van der Waals surface area contributed by atoms with Crippen LogP contribution >= 0.6 is 0 Å². The fourth-order valence-corrected chi connectivity index (χ4v) is 3.53. The van der Waals surface area contributed by atoms with Gasteiger partial charge in [-0.05, 0) is 48.4 Å². The number of halogens is 6. The molecule has 1 aliphatic heterocycles. The lowest BCUT2D eigenvalue weighted by Gasteiger charge is -2.19. The first-order valence-electron chi connectivity index (χ1n) is 11.1. The summed E-state index contributed by atoms with van der Waals surface area (Å²) in [5.74, 6) is -4.59. The van der Waals surface area contributed by atoms with E-state index in [9.17, 15) is 31.1 Å². The number of rotatable bonds is 4. The summed E-state index contributed by atoms with van der Waals surface area (Å²) in [7, 11) is 0. The Bertz CT molecular complexity index is 1090. The lowest BCUT2D eigenvalue weighted by atomic mass is 10.1. The van der Waals surface area contributed by atoms with Gasteiger partial charge < -0.3 is 19.7 Å². The minimum Gasteiger partial charge on any atom is -0.475 e. The molecule has 0 saturated heterocycles. The summed E-state index contributed by atoms with van der Waals surface area (Å²) >= 11 is 0. The van der Waals surface area contributed by atoms with Crippen molar-refractivity contribution >= 4 is 11.9 Å². The Morgan fingerprint density at radius 2 is 1.41 bits per heavy atom. The van der Waals surface area contributed by atoms with E-state index < -0.39 is 24.3 Å². The molecule has 0 aromatic carbocycles. The van der Waals surface area contributed by atoms with Crippen LogP contribution in [-0.2, 0) is 29.0 Å². The highest BCUT2D eigenvalue weighted by Gasteiger charge is 2.38. The van der Waals surface area contributed by atoms with Crippen molar-refractivity contribution in [2.45, 2.75) is 44.6 Å². The fraction of sp³-hybridized carbons (Fsp3) is 0.478. The van der Waals surface area contributed by atoms with Crippen LogP contribution in [0.25, 0.3) is 0 Å². The summed E-state index contributed by atoms with van der Waals surface area (Å²) in [6.45, 7) is 4.08. The molecule has 0 unspecified atom stereocenters. The van der Waals surface area contributed by atoms with Gasteiger partial charge in [0.25, 0.3) is 5.56 Å². The fourth-order valence-electron chi connectivity index (χ4n) is 3.53. The van der Waals surface area contributed by atoms with E-state index in [0.717, 1.165) is 37.4 Å². The lowest BCUT2D eigenvalue weighted by molar-refractivity contribution is -0.193. The minimum absolute atomic E-state index is 0.108. The Morgan fingerprint density at radius 1 is 0.892 bits per heavy atom. The van der Waals surface area contributed by atoms with Crippen LogP contribution in [0.3, 0.4) is 0 Å². The van der Waals surface area contributed by atoms with E-state index in [1.54, 1.807) is 18.5 Å². The molecule has 14 heteroatoms. The van der Waals surface area contributed by atoms with E-state index in [1.165, 1.54) is 30.6 Å². The highest BCUT2D eigenvalue weighted by molar-refractivity contribution is 5.73. The molecule has 2 aliphatic rings. The second-order valence-corrected chi connectivity index (χ2v) is 8.43. The Hall–Kier alpha value is -3.42. The Kier molecular flexibility index (Phi) is 10.2. The maximum absolute atomic E-state index is 12.4. The molecule has 2 aromatic heterocycles. The average Bonchev–Trinajstić information content (AvgIpc) is 3.64. The van der Waals surface area contributed by atoms with Crippen molar-refractivity contribution in [2.24, 2.45) is 5.92 Å². The lowest BCUT2D eigenvalue weighted by Crippen LogP contribution is -2.29. The van der Waals surface area contributed by atoms with Crippen LogP contribution in [0.4, 0.5) is 26.3 Å². The smallest absolute Gasteiger partial charge is 0.475 e. The number of carbonyl (C=O) groups is 2. The van der Waals surface area contributed by atoms with Crippen LogP contribution in [0.1, 0.15) is 29.7 Å². The molecule has 1 fully saturated rings. The Labute approximate surface area is 207 Å². The van der Waals surface area contributed by atoms with E-state index in [4.69, 9.17) is 19.8 Å². The zero-order chi connectivity index (χ0) is 27.8. The first-order chi connectivity index (χ1) is 17.2. The SMILES string of the molecule is O=C(O)C(F)(F)F.O=C(O)C(F)(F)F.O=c1ccc2c(n1Cc1ccncc1)CCN(CC1CC1)CC2. The third-order valence-corrected chi connectivity index (χ3v) is 5.54. The van der Waals surface area contributed by atoms with Crippen LogP contribution in [0, 0.1) is 5.92 Å². The molecule has 1 aliphatic carbocycles. The van der Waals surface area contributed by atoms with Gasteiger partial charge in [0.2, 0.25) is 0 Å². The van der Waals surface area contributed by atoms with Crippen molar-refractivity contribution < 1.29 is 46.1 Å². The molecule has 37 heavy (non-hydrogen) atoms. The van der Waals surface area contributed by atoms with Crippen LogP contribution in [0.15, 0.2) is 41.5 Å². The number of pyridine rings is 2. The second kappa shape index (κ2) is 12.7. The number of hydrogen-bond acceptors (Lipinski definition) is 5. The van der Waals surface area contributed by atoms with Crippen molar-refractivity contribution in [3.8, 4) is 0 Å². The average molecular weight is 537 g/mol. The van der Waals surface area contributed by atoms with Crippen LogP contribution < -0.4 is 5.56 Å². The third kappa shape index (κ3) is 10.2. The van der Waals surface area contributed by atoms with Gasteiger partial charge in [-0.25, -0.2) is 9.59 Å². The van der Waals surface area contributed by atoms with Gasteiger partial charge in [-0.15, -0.1) is 0 Å². The van der Waals surface area contributed by atoms with Gasteiger partial charge in [0.1, 0.15) is 0 Å². The number of carboxylic acids is 2. The molecular formula is C23H25F6N3O5. The molecule has 2 N–H and O–H groups in total. The van der Waals surface area contributed by atoms with Gasteiger partial charge in [-0.3, -0.25) is 9.78 Å². The van der Waals surface area contributed by atoms with Crippen LogP contribution in [-0.4, -0.2) is 68.6 Å². The van der Waals surface area contributed by atoms with Crippen molar-refractivity contribution in [1.82, 2.24) is 14.5 Å². The quantitative estimate of drug-likeness (QED) is 0.576. The molecule has 2 aromatic rings. The second-order valence-electron chi connectivity index (χ2n) is 8.43. The van der Waals surface area contributed by atoms with Gasteiger partial charge in [0, 0.05) is 50.2 Å². The van der Waals surface area contributed by atoms with Crippen molar-refractivity contribution in [2.75, 3.05) is 19.6 Å². The molecule has 0 atom stereocenters. The molecule has 204 valence electrons. The zero-order valence-corrected chi connectivity index (χ0v) is 19.4. The summed E-state index contributed by atoms with van der Waals surface area (Å²) in [4.78, 5) is 36.8. The number of aliphatic carboxylic acids is 2. The summed E-state index contributed by atoms with van der Waals surface area (Å²) in [6, 6.07) is 7.75. The molecule has 1 saturated carbocycles. The van der Waals surface area contributed by atoms with E-state index in [0.29, 0.717) is 6.54 Å². The molecule has 0 bridgehead atoms. The van der Waals surface area contributed by atoms with Crippen LogP contribution in [0.2, 0.25) is 0 Å². The molecular weight excluding hydrogens is 512 g/mol. The van der Waals surface area contributed by atoms with Gasteiger partial charge >= 0.3 is 24.3 Å². The summed E-state index contributed by atoms with van der Waals surface area (Å²) in [5, 5.41) is 14.2. The maximum Gasteiger partial charge on any atom is 0.490 e. The van der Waals surface area contributed by atoms with E-state index in [-0.39, 0.29) is 5.56 Å². The first kappa shape index (κ1) is 29.8. The van der Waals surface area contributed by atoms with Gasteiger partial charge in [0.15, 0.2) is 0 Å². The molecule has 3 heterocycles.